The molecule has 0 saturated heterocycles. The largest absolute Gasteiger partial charge is 0.235 e. The van der Waals surface area contributed by atoms with Crippen molar-refractivity contribution in [3.63, 3.8) is 0 Å². The van der Waals surface area contributed by atoms with Gasteiger partial charge in [0, 0.05) is 11.1 Å². The van der Waals surface area contributed by atoms with Crippen LogP contribution in [-0.4, -0.2) is 4.98 Å². The first kappa shape index (κ1) is 17.0. The third-order valence-corrected chi connectivity index (χ3v) is 5.63. The van der Waals surface area contributed by atoms with E-state index in [1.807, 2.05) is 24.3 Å². The molecule has 0 aliphatic carbocycles. The first-order chi connectivity index (χ1) is 12.6. The highest BCUT2D eigenvalue weighted by Crippen LogP contribution is 2.42. The van der Waals surface area contributed by atoms with Crippen LogP contribution in [0.3, 0.4) is 0 Å². The van der Waals surface area contributed by atoms with Crippen molar-refractivity contribution in [3.8, 4) is 32.3 Å². The van der Waals surface area contributed by atoms with Crippen LogP contribution in [-0.2, 0) is 0 Å². The molecule has 0 aliphatic heterocycles. The molecule has 0 amide bonds. The molecule has 4 rings (SSSR count). The summed E-state index contributed by atoms with van der Waals surface area (Å²) in [6.45, 7) is 2.06. The molecule has 1 aromatic heterocycles. The van der Waals surface area contributed by atoms with Crippen molar-refractivity contribution < 1.29 is 4.39 Å². The number of aryl methyl sites for hydroxylation is 1. The zero-order valence-corrected chi connectivity index (χ0v) is 15.6. The van der Waals surface area contributed by atoms with Crippen molar-refractivity contribution in [2.45, 2.75) is 6.92 Å². The van der Waals surface area contributed by atoms with Crippen molar-refractivity contribution in [3.05, 3.63) is 89.2 Å². The number of thiazole rings is 1. The predicted octanol–water partition coefficient (Wildman–Crippen LogP) is 7.25. The molecule has 1 nitrogen and oxygen atoms in total. The number of rotatable bonds is 3. The first-order valence-corrected chi connectivity index (χ1v) is 9.40. The van der Waals surface area contributed by atoms with E-state index in [2.05, 4.69) is 31.2 Å². The molecule has 4 aromatic rings. The number of benzene rings is 3. The number of halogens is 2. The summed E-state index contributed by atoms with van der Waals surface area (Å²) in [7, 11) is 0. The summed E-state index contributed by atoms with van der Waals surface area (Å²) in [5.41, 5.74) is 4.92. The molecular formula is C22H15ClFNS. The molecule has 0 bridgehead atoms. The monoisotopic (exact) mass is 379 g/mol. The van der Waals surface area contributed by atoms with Crippen LogP contribution in [0.5, 0.6) is 0 Å². The van der Waals surface area contributed by atoms with Crippen LogP contribution in [0.1, 0.15) is 5.56 Å². The zero-order chi connectivity index (χ0) is 18.1. The van der Waals surface area contributed by atoms with Gasteiger partial charge in [0.1, 0.15) is 10.8 Å². The van der Waals surface area contributed by atoms with Gasteiger partial charge < -0.3 is 0 Å². The van der Waals surface area contributed by atoms with E-state index in [1.54, 1.807) is 23.5 Å². The van der Waals surface area contributed by atoms with Crippen molar-refractivity contribution in [1.29, 1.82) is 0 Å². The van der Waals surface area contributed by atoms with Gasteiger partial charge in [-0.15, -0.1) is 11.3 Å². The van der Waals surface area contributed by atoms with Crippen LogP contribution >= 0.6 is 22.9 Å². The van der Waals surface area contributed by atoms with Gasteiger partial charge in [-0.3, -0.25) is 0 Å². The first-order valence-electron chi connectivity index (χ1n) is 8.20. The standard InChI is InChI=1S/C22H15ClFNS/c1-14-6-8-16(9-7-14)21-20(15-10-12-17(24)13-11-15)25-22(26-21)18-4-2-3-5-19(18)23/h2-13H,1H3. The third-order valence-electron chi connectivity index (χ3n) is 4.16. The van der Waals surface area contributed by atoms with Crippen LogP contribution in [0.15, 0.2) is 72.8 Å². The van der Waals surface area contributed by atoms with E-state index in [9.17, 15) is 4.39 Å². The van der Waals surface area contributed by atoms with E-state index in [4.69, 9.17) is 16.6 Å². The minimum Gasteiger partial charge on any atom is -0.235 e. The maximum atomic E-state index is 13.4. The van der Waals surface area contributed by atoms with E-state index in [1.165, 1.54) is 17.7 Å². The maximum absolute atomic E-state index is 13.4. The van der Waals surface area contributed by atoms with Crippen molar-refractivity contribution in [1.82, 2.24) is 4.98 Å². The van der Waals surface area contributed by atoms with E-state index in [0.29, 0.717) is 5.02 Å². The summed E-state index contributed by atoms with van der Waals surface area (Å²) < 4.78 is 13.4. The molecule has 0 spiro atoms. The predicted molar refractivity (Wildman–Crippen MR) is 108 cm³/mol. The lowest BCUT2D eigenvalue weighted by molar-refractivity contribution is 0.628. The van der Waals surface area contributed by atoms with Gasteiger partial charge in [-0.05, 0) is 42.8 Å². The highest BCUT2D eigenvalue weighted by atomic mass is 35.5. The SMILES string of the molecule is Cc1ccc(-c2sc(-c3ccccc3Cl)nc2-c2ccc(F)cc2)cc1. The van der Waals surface area contributed by atoms with Crippen LogP contribution in [0.2, 0.25) is 5.02 Å². The molecule has 0 fully saturated rings. The second-order valence-corrected chi connectivity index (χ2v) is 7.46. The molecule has 4 heteroatoms. The van der Waals surface area contributed by atoms with Gasteiger partial charge in [-0.25, -0.2) is 9.37 Å². The van der Waals surface area contributed by atoms with Gasteiger partial charge in [-0.1, -0.05) is 59.6 Å². The minimum absolute atomic E-state index is 0.257. The Morgan fingerprint density at radius 2 is 1.50 bits per heavy atom. The fourth-order valence-corrected chi connectivity index (χ4v) is 4.19. The lowest BCUT2D eigenvalue weighted by atomic mass is 10.1. The number of hydrogen-bond donors (Lipinski definition) is 0. The van der Waals surface area contributed by atoms with Gasteiger partial charge in [0.25, 0.3) is 0 Å². The Morgan fingerprint density at radius 3 is 2.19 bits per heavy atom. The van der Waals surface area contributed by atoms with E-state index in [0.717, 1.165) is 32.3 Å². The average Bonchev–Trinajstić information content (AvgIpc) is 3.08. The maximum Gasteiger partial charge on any atom is 0.126 e. The molecule has 0 unspecified atom stereocenters. The third kappa shape index (κ3) is 3.28. The highest BCUT2D eigenvalue weighted by Gasteiger charge is 2.17. The molecule has 0 aliphatic rings. The van der Waals surface area contributed by atoms with Gasteiger partial charge >= 0.3 is 0 Å². The topological polar surface area (TPSA) is 12.9 Å². The Bertz CT molecular complexity index is 989. The molecule has 0 atom stereocenters. The Labute approximate surface area is 160 Å². The van der Waals surface area contributed by atoms with Gasteiger partial charge in [0.15, 0.2) is 0 Å². The molecule has 26 heavy (non-hydrogen) atoms. The second kappa shape index (κ2) is 7.02. The fraction of sp³-hybridized carbons (Fsp3) is 0.0455. The van der Waals surface area contributed by atoms with Gasteiger partial charge in [-0.2, -0.15) is 0 Å². The van der Waals surface area contributed by atoms with Gasteiger partial charge in [0.05, 0.1) is 15.6 Å². The molecule has 0 N–H and O–H groups in total. The Balaban J connectivity index is 1.92. The number of hydrogen-bond acceptors (Lipinski definition) is 2. The number of nitrogens with zero attached hydrogens (tertiary/aromatic N) is 1. The van der Waals surface area contributed by atoms with E-state index < -0.39 is 0 Å². The van der Waals surface area contributed by atoms with Crippen LogP contribution in [0.4, 0.5) is 4.39 Å². The van der Waals surface area contributed by atoms with Crippen LogP contribution in [0.25, 0.3) is 32.3 Å². The molecule has 3 aromatic carbocycles. The normalized spacial score (nSPS) is 10.9. The Hall–Kier alpha value is -2.49. The summed E-state index contributed by atoms with van der Waals surface area (Å²) >= 11 is 7.97. The second-order valence-electron chi connectivity index (χ2n) is 6.05. The zero-order valence-electron chi connectivity index (χ0n) is 14.0. The Kier molecular flexibility index (Phi) is 4.58. The van der Waals surface area contributed by atoms with Crippen molar-refractivity contribution in [2.75, 3.05) is 0 Å². The summed E-state index contributed by atoms with van der Waals surface area (Å²) in [5, 5.41) is 1.52. The number of aromatic nitrogens is 1. The highest BCUT2D eigenvalue weighted by molar-refractivity contribution is 7.19. The fourth-order valence-electron chi connectivity index (χ4n) is 2.77. The lowest BCUT2D eigenvalue weighted by Gasteiger charge is -2.03. The van der Waals surface area contributed by atoms with Crippen LogP contribution < -0.4 is 0 Å². The molecule has 0 saturated carbocycles. The lowest BCUT2D eigenvalue weighted by Crippen LogP contribution is -1.84. The Morgan fingerprint density at radius 1 is 0.846 bits per heavy atom. The van der Waals surface area contributed by atoms with Crippen molar-refractivity contribution >= 4 is 22.9 Å². The summed E-state index contributed by atoms with van der Waals surface area (Å²) in [6.07, 6.45) is 0. The molecule has 0 radical (unpaired) electrons. The molecule has 128 valence electrons. The molecule has 1 heterocycles. The van der Waals surface area contributed by atoms with Crippen LogP contribution in [0, 0.1) is 12.7 Å². The summed E-state index contributed by atoms with van der Waals surface area (Å²) in [6, 6.07) is 22.5. The molecular weight excluding hydrogens is 365 g/mol. The summed E-state index contributed by atoms with van der Waals surface area (Å²) in [5.74, 6) is -0.257. The quantitative estimate of drug-likeness (QED) is 0.365. The van der Waals surface area contributed by atoms with E-state index >= 15 is 0 Å². The summed E-state index contributed by atoms with van der Waals surface area (Å²) in [4.78, 5) is 5.90. The van der Waals surface area contributed by atoms with Crippen molar-refractivity contribution in [2.24, 2.45) is 0 Å². The average molecular weight is 380 g/mol. The smallest absolute Gasteiger partial charge is 0.126 e. The minimum atomic E-state index is -0.257. The van der Waals surface area contributed by atoms with Gasteiger partial charge in [0.2, 0.25) is 0 Å². The van der Waals surface area contributed by atoms with E-state index in [-0.39, 0.29) is 5.82 Å².